The van der Waals surface area contributed by atoms with E-state index in [-0.39, 0.29) is 25.8 Å². The third-order valence-electron chi connectivity index (χ3n) is 4.38. The summed E-state index contributed by atoms with van der Waals surface area (Å²) in [7, 11) is 0. The van der Waals surface area contributed by atoms with Gasteiger partial charge in [-0.1, -0.05) is 0 Å². The second kappa shape index (κ2) is 6.51. The van der Waals surface area contributed by atoms with Gasteiger partial charge in [0.25, 0.3) is 5.91 Å². The van der Waals surface area contributed by atoms with Crippen LogP contribution in [0.3, 0.4) is 0 Å². The van der Waals surface area contributed by atoms with Crippen molar-refractivity contribution in [2.24, 2.45) is 0 Å². The molecule has 26 heavy (non-hydrogen) atoms. The van der Waals surface area contributed by atoms with E-state index in [1.807, 2.05) is 0 Å². The van der Waals surface area contributed by atoms with Crippen LogP contribution in [-0.4, -0.2) is 64.3 Å². The van der Waals surface area contributed by atoms with E-state index in [1.54, 1.807) is 41.6 Å². The summed E-state index contributed by atoms with van der Waals surface area (Å²) in [5.74, 6) is 0.0828. The van der Waals surface area contributed by atoms with Gasteiger partial charge in [-0.15, -0.1) is 0 Å². The molecule has 1 N–H and O–H groups in total. The van der Waals surface area contributed by atoms with E-state index in [9.17, 15) is 14.7 Å². The molecule has 2 aromatic rings. The zero-order chi connectivity index (χ0) is 18.1. The van der Waals surface area contributed by atoms with Crippen molar-refractivity contribution in [3.63, 3.8) is 0 Å². The fourth-order valence-corrected chi connectivity index (χ4v) is 3.07. The number of fused-ring (bicyclic) bond motifs is 1. The Morgan fingerprint density at radius 2 is 1.88 bits per heavy atom. The number of benzene rings is 1. The monoisotopic (exact) mass is 356 g/mol. The average Bonchev–Trinajstić information content (AvgIpc) is 3.15. The molecule has 1 unspecified atom stereocenters. The number of ether oxygens (including phenoxy) is 2. The zero-order valence-electron chi connectivity index (χ0n) is 13.7. The Bertz CT molecular complexity index is 844. The van der Waals surface area contributed by atoms with Gasteiger partial charge in [-0.05, 0) is 24.3 Å². The van der Waals surface area contributed by atoms with E-state index >= 15 is 0 Å². The maximum absolute atomic E-state index is 12.9. The summed E-state index contributed by atoms with van der Waals surface area (Å²) in [6.45, 7) is 0.933. The maximum atomic E-state index is 12.9. The van der Waals surface area contributed by atoms with Crippen LogP contribution in [0, 0.1) is 0 Å². The molecule has 1 saturated heterocycles. The van der Waals surface area contributed by atoms with E-state index in [4.69, 9.17) is 9.47 Å². The second-order valence-electron chi connectivity index (χ2n) is 5.92. The molecule has 1 aromatic heterocycles. The predicted octanol–water partition coefficient (Wildman–Crippen LogP) is 0.621. The largest absolute Gasteiger partial charge is 0.480 e. The molecule has 0 spiro atoms. The first kappa shape index (κ1) is 16.1. The number of aliphatic carboxylic acids is 1. The molecular weight excluding hydrogens is 340 g/mol. The van der Waals surface area contributed by atoms with Gasteiger partial charge in [0.2, 0.25) is 12.7 Å². The molecule has 0 saturated carbocycles. The number of carboxylic acid groups (broad SMARTS) is 1. The van der Waals surface area contributed by atoms with Gasteiger partial charge < -0.3 is 24.4 Å². The molecule has 2 aliphatic rings. The number of amides is 1. The van der Waals surface area contributed by atoms with Gasteiger partial charge in [0, 0.05) is 31.0 Å². The Balaban J connectivity index is 1.56. The Labute approximate surface area is 148 Å². The molecule has 9 nitrogen and oxygen atoms in total. The van der Waals surface area contributed by atoms with Crippen LogP contribution >= 0.6 is 0 Å². The van der Waals surface area contributed by atoms with E-state index < -0.39 is 12.0 Å². The smallest absolute Gasteiger partial charge is 0.328 e. The molecule has 1 amide bonds. The molecular formula is C17H16N4O5. The second-order valence-corrected chi connectivity index (χ2v) is 5.92. The SMILES string of the molecule is O=C(O)C1CN(c2ncccn2)CCN1C(=O)c1ccc2c(c1)OCO2. The number of nitrogens with zero attached hydrogens (tertiary/aromatic N) is 4. The van der Waals surface area contributed by atoms with Crippen molar-refractivity contribution < 1.29 is 24.2 Å². The highest BCUT2D eigenvalue weighted by molar-refractivity contribution is 5.97. The molecule has 0 radical (unpaired) electrons. The van der Waals surface area contributed by atoms with Gasteiger partial charge in [0.15, 0.2) is 11.5 Å². The predicted molar refractivity (Wildman–Crippen MR) is 89.3 cm³/mol. The highest BCUT2D eigenvalue weighted by Gasteiger charge is 2.36. The van der Waals surface area contributed by atoms with Crippen molar-refractivity contribution >= 4 is 17.8 Å². The van der Waals surface area contributed by atoms with Crippen LogP contribution in [0.4, 0.5) is 5.95 Å². The fourth-order valence-electron chi connectivity index (χ4n) is 3.07. The van der Waals surface area contributed by atoms with E-state index in [0.29, 0.717) is 29.6 Å². The van der Waals surface area contributed by atoms with E-state index in [1.165, 1.54) is 4.90 Å². The molecule has 1 aromatic carbocycles. The number of hydrogen-bond acceptors (Lipinski definition) is 7. The van der Waals surface area contributed by atoms with E-state index in [2.05, 4.69) is 9.97 Å². The van der Waals surface area contributed by atoms with Crippen molar-refractivity contribution in [2.45, 2.75) is 6.04 Å². The summed E-state index contributed by atoms with van der Waals surface area (Å²) >= 11 is 0. The van der Waals surface area contributed by atoms with Crippen molar-refractivity contribution in [3.8, 4) is 11.5 Å². The lowest BCUT2D eigenvalue weighted by Crippen LogP contribution is -2.58. The minimum atomic E-state index is -1.07. The third kappa shape index (κ3) is 2.87. The van der Waals surface area contributed by atoms with Crippen LogP contribution in [0.1, 0.15) is 10.4 Å². The molecule has 0 bridgehead atoms. The molecule has 1 fully saturated rings. The molecule has 3 heterocycles. The summed E-state index contributed by atoms with van der Waals surface area (Å²) in [5.41, 5.74) is 0.366. The third-order valence-corrected chi connectivity index (χ3v) is 4.38. The summed E-state index contributed by atoms with van der Waals surface area (Å²) in [5, 5.41) is 9.62. The standard InChI is InChI=1S/C17H16N4O5/c22-15(11-2-3-13-14(8-11)26-10-25-13)21-7-6-20(9-12(21)16(23)24)17-18-4-1-5-19-17/h1-5,8,12H,6-7,9-10H2,(H,23,24). The Kier molecular flexibility index (Phi) is 4.04. The summed E-state index contributed by atoms with van der Waals surface area (Å²) in [6.07, 6.45) is 3.20. The number of piperazine rings is 1. The fraction of sp³-hybridized carbons (Fsp3) is 0.294. The highest BCUT2D eigenvalue weighted by atomic mass is 16.7. The van der Waals surface area contributed by atoms with Crippen molar-refractivity contribution in [2.75, 3.05) is 31.3 Å². The van der Waals surface area contributed by atoms with Gasteiger partial charge >= 0.3 is 5.97 Å². The van der Waals surface area contributed by atoms with Gasteiger partial charge in [-0.2, -0.15) is 0 Å². The summed E-state index contributed by atoms with van der Waals surface area (Å²) < 4.78 is 10.5. The maximum Gasteiger partial charge on any atom is 0.328 e. The molecule has 0 aliphatic carbocycles. The number of aromatic nitrogens is 2. The number of carboxylic acids is 1. The Morgan fingerprint density at radius 1 is 1.12 bits per heavy atom. The Hall–Kier alpha value is -3.36. The topological polar surface area (TPSA) is 105 Å². The van der Waals surface area contributed by atoms with Gasteiger partial charge in [0.1, 0.15) is 6.04 Å². The average molecular weight is 356 g/mol. The van der Waals surface area contributed by atoms with Gasteiger partial charge in [-0.25, -0.2) is 14.8 Å². The summed E-state index contributed by atoms with van der Waals surface area (Å²) in [4.78, 5) is 36.1. The van der Waals surface area contributed by atoms with Crippen molar-refractivity contribution in [1.82, 2.24) is 14.9 Å². The zero-order valence-corrected chi connectivity index (χ0v) is 13.7. The van der Waals surface area contributed by atoms with Crippen LogP contribution < -0.4 is 14.4 Å². The number of carbonyl (C=O) groups excluding carboxylic acids is 1. The molecule has 1 atom stereocenters. The van der Waals surface area contributed by atoms with Crippen LogP contribution in [-0.2, 0) is 4.79 Å². The van der Waals surface area contributed by atoms with Gasteiger partial charge in [0.05, 0.1) is 6.54 Å². The minimum absolute atomic E-state index is 0.112. The molecule has 4 rings (SSSR count). The lowest BCUT2D eigenvalue weighted by Gasteiger charge is -2.39. The quantitative estimate of drug-likeness (QED) is 0.853. The first-order valence-electron chi connectivity index (χ1n) is 8.09. The summed E-state index contributed by atoms with van der Waals surface area (Å²) in [6, 6.07) is 5.54. The molecule has 9 heteroatoms. The first-order chi connectivity index (χ1) is 12.6. The van der Waals surface area contributed by atoms with Crippen LogP contribution in [0.25, 0.3) is 0 Å². The minimum Gasteiger partial charge on any atom is -0.480 e. The van der Waals surface area contributed by atoms with Crippen molar-refractivity contribution in [1.29, 1.82) is 0 Å². The molecule has 134 valence electrons. The number of hydrogen-bond donors (Lipinski definition) is 1. The number of carbonyl (C=O) groups is 2. The number of anilines is 1. The highest BCUT2D eigenvalue weighted by Crippen LogP contribution is 2.33. The van der Waals surface area contributed by atoms with Crippen LogP contribution in [0.15, 0.2) is 36.7 Å². The number of rotatable bonds is 3. The van der Waals surface area contributed by atoms with Crippen LogP contribution in [0.5, 0.6) is 11.5 Å². The van der Waals surface area contributed by atoms with Crippen LogP contribution in [0.2, 0.25) is 0 Å². The molecule has 2 aliphatic heterocycles. The lowest BCUT2D eigenvalue weighted by molar-refractivity contribution is -0.142. The first-order valence-corrected chi connectivity index (χ1v) is 8.09. The Morgan fingerprint density at radius 3 is 2.65 bits per heavy atom. The van der Waals surface area contributed by atoms with Gasteiger partial charge in [-0.3, -0.25) is 4.79 Å². The normalized spacial score (nSPS) is 18.7. The lowest BCUT2D eigenvalue weighted by atomic mass is 10.1. The van der Waals surface area contributed by atoms with E-state index in [0.717, 1.165) is 0 Å². The van der Waals surface area contributed by atoms with Crippen molar-refractivity contribution in [3.05, 3.63) is 42.2 Å².